The quantitative estimate of drug-likeness (QED) is 0.809. The fourth-order valence-corrected chi connectivity index (χ4v) is 4.44. The van der Waals surface area contributed by atoms with Crippen LogP contribution in [0.15, 0.2) is 20.1 Å². The highest BCUT2D eigenvalue weighted by atomic mass is 16.4. The second-order valence-electron chi connectivity index (χ2n) is 7.22. The van der Waals surface area contributed by atoms with Crippen molar-refractivity contribution in [2.24, 2.45) is 20.0 Å². The van der Waals surface area contributed by atoms with E-state index < -0.39 is 0 Å². The van der Waals surface area contributed by atoms with Gasteiger partial charge in [0.1, 0.15) is 5.82 Å². The fraction of sp³-hybridized carbons (Fsp3) is 0.647. The van der Waals surface area contributed by atoms with Gasteiger partial charge in [0, 0.05) is 39.7 Å². The molecule has 0 spiro atoms. The van der Waals surface area contributed by atoms with Gasteiger partial charge >= 0.3 is 5.69 Å². The fourth-order valence-electron chi connectivity index (χ4n) is 4.44. The number of nitrogens with zero attached hydrogens (tertiary/aromatic N) is 5. The first-order valence-electron chi connectivity index (χ1n) is 8.81. The molecule has 3 heterocycles. The van der Waals surface area contributed by atoms with Crippen molar-refractivity contribution in [3.8, 4) is 0 Å². The van der Waals surface area contributed by atoms with E-state index in [2.05, 4.69) is 15.1 Å². The number of hydrogen-bond acceptors (Lipinski definition) is 6. The summed E-state index contributed by atoms with van der Waals surface area (Å²) in [4.78, 5) is 26.5. The summed E-state index contributed by atoms with van der Waals surface area (Å²) in [6.07, 6.45) is 3.95. The Morgan fingerprint density at radius 3 is 2.80 bits per heavy atom. The van der Waals surface area contributed by atoms with E-state index >= 15 is 0 Å². The lowest BCUT2D eigenvalue weighted by Crippen LogP contribution is -2.40. The van der Waals surface area contributed by atoms with Crippen LogP contribution >= 0.6 is 0 Å². The molecule has 8 heteroatoms. The predicted octanol–water partition coefficient (Wildman–Crippen LogP) is 0.587. The first-order chi connectivity index (χ1) is 12.0. The molecular formula is C17H23N5O3. The molecule has 0 amide bonds. The largest absolute Gasteiger partial charge is 0.425 e. The second-order valence-corrected chi connectivity index (χ2v) is 7.22. The van der Waals surface area contributed by atoms with Gasteiger partial charge in [0.25, 0.3) is 5.56 Å². The van der Waals surface area contributed by atoms with Crippen LogP contribution in [-0.2, 0) is 25.9 Å². The lowest BCUT2D eigenvalue weighted by atomic mass is 9.80. The summed E-state index contributed by atoms with van der Waals surface area (Å²) < 4.78 is 8.59. The van der Waals surface area contributed by atoms with E-state index in [1.54, 1.807) is 17.7 Å². The van der Waals surface area contributed by atoms with Crippen molar-refractivity contribution in [3.63, 3.8) is 0 Å². The van der Waals surface area contributed by atoms with Gasteiger partial charge in [-0.05, 0) is 18.8 Å². The number of aryl methyl sites for hydroxylation is 1. The highest BCUT2D eigenvalue weighted by molar-refractivity contribution is 5.43. The monoisotopic (exact) mass is 345 g/mol. The zero-order valence-corrected chi connectivity index (χ0v) is 14.9. The smallest absolute Gasteiger partial charge is 0.332 e. The maximum atomic E-state index is 12.3. The van der Waals surface area contributed by atoms with Crippen molar-refractivity contribution in [2.45, 2.75) is 38.0 Å². The highest BCUT2D eigenvalue weighted by Crippen LogP contribution is 2.50. The molecule has 2 atom stereocenters. The minimum Gasteiger partial charge on any atom is -0.425 e. The standard InChI is InChI=1S/C17H23N5O3/c1-4-12-18-19-15(25-12)17-7-5-6-11(17)9-22(10-17)13-8-14(23)21(3)16(24)20(13)2/h8,11H,4-7,9-10H2,1-3H3/t11-,17-/m0/s1. The van der Waals surface area contributed by atoms with E-state index in [1.165, 1.54) is 7.05 Å². The van der Waals surface area contributed by atoms with Crippen LogP contribution < -0.4 is 16.1 Å². The summed E-state index contributed by atoms with van der Waals surface area (Å²) in [6, 6.07) is 1.54. The number of anilines is 1. The normalized spacial score (nSPS) is 25.6. The Bertz CT molecular complexity index is 927. The van der Waals surface area contributed by atoms with Crippen molar-refractivity contribution >= 4 is 5.82 Å². The molecule has 1 aliphatic carbocycles. The summed E-state index contributed by atoms with van der Waals surface area (Å²) >= 11 is 0. The average Bonchev–Trinajstić information content (AvgIpc) is 3.29. The third kappa shape index (κ3) is 2.26. The highest BCUT2D eigenvalue weighted by Gasteiger charge is 2.54. The second kappa shape index (κ2) is 5.57. The first kappa shape index (κ1) is 16.1. The van der Waals surface area contributed by atoms with Crippen molar-refractivity contribution in [3.05, 3.63) is 38.7 Å². The predicted molar refractivity (Wildman–Crippen MR) is 91.8 cm³/mol. The minimum absolute atomic E-state index is 0.169. The number of rotatable bonds is 3. The van der Waals surface area contributed by atoms with E-state index in [-0.39, 0.29) is 16.7 Å². The maximum Gasteiger partial charge on any atom is 0.332 e. The van der Waals surface area contributed by atoms with E-state index in [4.69, 9.17) is 4.42 Å². The van der Waals surface area contributed by atoms with E-state index in [0.29, 0.717) is 30.1 Å². The lowest BCUT2D eigenvalue weighted by molar-refractivity contribution is 0.297. The Labute approximate surface area is 145 Å². The molecule has 134 valence electrons. The van der Waals surface area contributed by atoms with E-state index in [9.17, 15) is 9.59 Å². The average molecular weight is 345 g/mol. The molecule has 1 aliphatic heterocycles. The molecule has 25 heavy (non-hydrogen) atoms. The van der Waals surface area contributed by atoms with Crippen LogP contribution in [0.5, 0.6) is 0 Å². The lowest BCUT2D eigenvalue weighted by Gasteiger charge is -2.26. The van der Waals surface area contributed by atoms with Gasteiger partial charge in [0.2, 0.25) is 11.8 Å². The van der Waals surface area contributed by atoms with Crippen molar-refractivity contribution < 1.29 is 4.42 Å². The molecule has 4 rings (SSSR count). The molecule has 1 saturated heterocycles. The molecule has 0 bridgehead atoms. The van der Waals surface area contributed by atoms with Crippen molar-refractivity contribution in [2.75, 3.05) is 18.0 Å². The zero-order chi connectivity index (χ0) is 17.8. The third-order valence-corrected chi connectivity index (χ3v) is 5.89. The van der Waals surface area contributed by atoms with Crippen molar-refractivity contribution in [1.82, 2.24) is 19.3 Å². The Morgan fingerprint density at radius 2 is 2.08 bits per heavy atom. The molecule has 8 nitrogen and oxygen atoms in total. The minimum atomic E-state index is -0.306. The van der Waals surface area contributed by atoms with Gasteiger partial charge in [-0.15, -0.1) is 10.2 Å². The molecule has 0 unspecified atom stereocenters. The van der Waals surface area contributed by atoms with Crippen molar-refractivity contribution in [1.29, 1.82) is 0 Å². The van der Waals surface area contributed by atoms with Crippen LogP contribution in [0.2, 0.25) is 0 Å². The molecule has 2 aromatic heterocycles. The third-order valence-electron chi connectivity index (χ3n) is 5.89. The van der Waals surface area contributed by atoms with E-state index in [1.807, 2.05) is 6.92 Å². The number of aromatic nitrogens is 4. The molecular weight excluding hydrogens is 322 g/mol. The summed E-state index contributed by atoms with van der Waals surface area (Å²) in [5, 5.41) is 8.47. The summed E-state index contributed by atoms with van der Waals surface area (Å²) in [5.74, 6) is 2.44. The molecule has 0 aromatic carbocycles. The zero-order valence-electron chi connectivity index (χ0n) is 14.9. The van der Waals surface area contributed by atoms with Gasteiger partial charge in [-0.3, -0.25) is 13.9 Å². The van der Waals surface area contributed by atoms with E-state index in [0.717, 1.165) is 36.8 Å². The van der Waals surface area contributed by atoms with Gasteiger partial charge in [0.05, 0.1) is 5.41 Å². The molecule has 1 saturated carbocycles. The summed E-state index contributed by atoms with van der Waals surface area (Å²) in [7, 11) is 3.21. The molecule has 0 N–H and O–H groups in total. The first-order valence-corrected chi connectivity index (χ1v) is 8.81. The van der Waals surface area contributed by atoms with Gasteiger partial charge < -0.3 is 9.32 Å². The SMILES string of the molecule is CCc1nnc([C@]23CCC[C@H]2CN(c2cc(=O)n(C)c(=O)n2C)C3)o1. The van der Waals surface area contributed by atoms with Gasteiger partial charge in [-0.2, -0.15) is 0 Å². The van der Waals surface area contributed by atoms with Gasteiger partial charge in [-0.1, -0.05) is 13.3 Å². The molecule has 2 aliphatic rings. The maximum absolute atomic E-state index is 12.3. The van der Waals surface area contributed by atoms with Crippen LogP contribution in [0.3, 0.4) is 0 Å². The van der Waals surface area contributed by atoms with Crippen LogP contribution in [0.25, 0.3) is 0 Å². The Balaban J connectivity index is 1.75. The molecule has 2 fully saturated rings. The Morgan fingerprint density at radius 1 is 1.28 bits per heavy atom. The van der Waals surface area contributed by atoms with Gasteiger partial charge in [0.15, 0.2) is 0 Å². The van der Waals surface area contributed by atoms with Crippen LogP contribution in [0, 0.1) is 5.92 Å². The van der Waals surface area contributed by atoms with Crippen LogP contribution in [0.1, 0.15) is 38.0 Å². The Kier molecular flexibility index (Phi) is 3.59. The topological polar surface area (TPSA) is 86.2 Å². The molecule has 0 radical (unpaired) electrons. The summed E-state index contributed by atoms with van der Waals surface area (Å²) in [6.45, 7) is 3.49. The number of hydrogen-bond donors (Lipinski definition) is 0. The summed E-state index contributed by atoms with van der Waals surface area (Å²) in [5.41, 5.74) is -0.757. The van der Waals surface area contributed by atoms with Crippen LogP contribution in [-0.4, -0.2) is 32.4 Å². The Hall–Kier alpha value is -2.38. The van der Waals surface area contributed by atoms with Crippen LogP contribution in [0.4, 0.5) is 5.82 Å². The van der Waals surface area contributed by atoms with Gasteiger partial charge in [-0.25, -0.2) is 4.79 Å². The molecule has 2 aromatic rings. The number of fused-ring (bicyclic) bond motifs is 1.